The number of rotatable bonds is 2. The second-order valence-electron chi connectivity index (χ2n) is 3.46. The molecule has 0 spiro atoms. The zero-order chi connectivity index (χ0) is 11.0. The van der Waals surface area contributed by atoms with E-state index in [0.717, 1.165) is 6.42 Å². The molecule has 0 bridgehead atoms. The fraction of sp³-hybridized carbons (Fsp3) is 0.429. The van der Waals surface area contributed by atoms with Crippen molar-refractivity contribution in [1.82, 2.24) is 0 Å². The molecule has 14 heavy (non-hydrogen) atoms. The Labute approximate surface area is 88.7 Å². The molecule has 1 rings (SSSR count). The van der Waals surface area contributed by atoms with Gasteiger partial charge in [0.1, 0.15) is 0 Å². The summed E-state index contributed by atoms with van der Waals surface area (Å²) >= 11 is 0. The lowest BCUT2D eigenvalue weighted by Gasteiger charge is -2.02. The molecule has 0 amide bonds. The van der Waals surface area contributed by atoms with Gasteiger partial charge in [0.15, 0.2) is 0 Å². The van der Waals surface area contributed by atoms with Crippen LogP contribution in [0.2, 0.25) is 0 Å². The summed E-state index contributed by atoms with van der Waals surface area (Å²) in [7, 11) is 0. The van der Waals surface area contributed by atoms with Crippen LogP contribution in [0.15, 0.2) is 24.8 Å². The van der Waals surface area contributed by atoms with Gasteiger partial charge in [-0.3, -0.25) is 0 Å². The highest BCUT2D eigenvalue weighted by Gasteiger charge is 1.93. The van der Waals surface area contributed by atoms with Crippen molar-refractivity contribution in [3.63, 3.8) is 0 Å². The molecule has 0 heteroatoms. The fourth-order valence-electron chi connectivity index (χ4n) is 1.19. The third kappa shape index (κ3) is 4.27. The smallest absolute Gasteiger partial charge is 0.0233 e. The van der Waals surface area contributed by atoms with Gasteiger partial charge in [0.25, 0.3) is 0 Å². The third-order valence-corrected chi connectivity index (χ3v) is 1.96. The van der Waals surface area contributed by atoms with Crippen molar-refractivity contribution in [1.29, 1.82) is 0 Å². The Kier molecular flexibility index (Phi) is 6.82. The maximum Gasteiger partial charge on any atom is -0.0233 e. The van der Waals surface area contributed by atoms with Gasteiger partial charge in [-0.1, -0.05) is 58.0 Å². The second-order valence-corrected chi connectivity index (χ2v) is 3.46. The van der Waals surface area contributed by atoms with E-state index in [4.69, 9.17) is 0 Å². The largest absolute Gasteiger partial charge is 0.0985 e. The number of benzene rings is 1. The zero-order valence-corrected chi connectivity index (χ0v) is 9.93. The standard InChI is InChI=1S/C11H14.C3H8/c1-4-10-6-7-11(5-2)9(3)8-10;1-3-2/h5-8H,2,4H2,1,3H3;3H2,1-2H3. The summed E-state index contributed by atoms with van der Waals surface area (Å²) in [4.78, 5) is 0. The van der Waals surface area contributed by atoms with Gasteiger partial charge in [0.05, 0.1) is 0 Å². The summed E-state index contributed by atoms with van der Waals surface area (Å²) in [6.45, 7) is 12.3. The van der Waals surface area contributed by atoms with E-state index < -0.39 is 0 Å². The van der Waals surface area contributed by atoms with Crippen LogP contribution in [0.1, 0.15) is 43.9 Å². The van der Waals surface area contributed by atoms with Crippen molar-refractivity contribution in [2.45, 2.75) is 40.5 Å². The average molecular weight is 190 g/mol. The predicted molar refractivity (Wildman–Crippen MR) is 66.6 cm³/mol. The van der Waals surface area contributed by atoms with Crippen molar-refractivity contribution in [3.8, 4) is 0 Å². The van der Waals surface area contributed by atoms with Gasteiger partial charge >= 0.3 is 0 Å². The molecular weight excluding hydrogens is 168 g/mol. The summed E-state index contributed by atoms with van der Waals surface area (Å²) in [5, 5.41) is 0. The van der Waals surface area contributed by atoms with Crippen LogP contribution in [0.5, 0.6) is 0 Å². The van der Waals surface area contributed by atoms with E-state index >= 15 is 0 Å². The molecule has 1 aromatic carbocycles. The first-order chi connectivity index (χ1) is 6.69. The molecule has 0 aliphatic carbocycles. The molecule has 0 aliphatic heterocycles. The number of hydrogen-bond acceptors (Lipinski definition) is 0. The van der Waals surface area contributed by atoms with E-state index in [1.165, 1.54) is 23.1 Å². The highest BCUT2D eigenvalue weighted by Crippen LogP contribution is 2.12. The molecule has 0 radical (unpaired) electrons. The van der Waals surface area contributed by atoms with Gasteiger partial charge in [0, 0.05) is 0 Å². The van der Waals surface area contributed by atoms with E-state index in [1.54, 1.807) is 0 Å². The SMILES string of the molecule is C=Cc1ccc(CC)cc1C.CCC. The van der Waals surface area contributed by atoms with Crippen LogP contribution in [-0.2, 0) is 6.42 Å². The average Bonchev–Trinajstić information content (AvgIpc) is 2.19. The molecule has 0 nitrogen and oxygen atoms in total. The van der Waals surface area contributed by atoms with Crippen LogP contribution in [0.25, 0.3) is 6.08 Å². The molecule has 78 valence electrons. The maximum atomic E-state index is 3.75. The highest BCUT2D eigenvalue weighted by molar-refractivity contribution is 5.52. The summed E-state index contributed by atoms with van der Waals surface area (Å²) in [5.74, 6) is 0. The zero-order valence-electron chi connectivity index (χ0n) is 9.93. The van der Waals surface area contributed by atoms with Crippen molar-refractivity contribution < 1.29 is 0 Å². The molecule has 0 unspecified atom stereocenters. The fourth-order valence-corrected chi connectivity index (χ4v) is 1.19. The van der Waals surface area contributed by atoms with Crippen LogP contribution in [0.3, 0.4) is 0 Å². The highest BCUT2D eigenvalue weighted by atomic mass is 14.0. The molecule has 1 aromatic rings. The summed E-state index contributed by atoms with van der Waals surface area (Å²) < 4.78 is 0. The topological polar surface area (TPSA) is 0 Å². The van der Waals surface area contributed by atoms with Crippen LogP contribution in [0.4, 0.5) is 0 Å². The lowest BCUT2D eigenvalue weighted by atomic mass is 10.0. The Bertz CT molecular complexity index is 271. The van der Waals surface area contributed by atoms with Crippen LogP contribution in [0, 0.1) is 6.92 Å². The summed E-state index contributed by atoms with van der Waals surface area (Å²) in [6.07, 6.45) is 4.26. The van der Waals surface area contributed by atoms with Crippen LogP contribution >= 0.6 is 0 Å². The first kappa shape index (κ1) is 13.0. The van der Waals surface area contributed by atoms with E-state index in [-0.39, 0.29) is 0 Å². The molecule has 0 aromatic heterocycles. The summed E-state index contributed by atoms with van der Waals surface area (Å²) in [5.41, 5.74) is 3.95. The Hall–Kier alpha value is -1.04. The van der Waals surface area contributed by atoms with E-state index in [1.807, 2.05) is 6.08 Å². The van der Waals surface area contributed by atoms with Crippen LogP contribution < -0.4 is 0 Å². The Morgan fingerprint density at radius 1 is 1.21 bits per heavy atom. The molecule has 0 saturated heterocycles. The normalized spacial score (nSPS) is 8.86. The predicted octanol–water partition coefficient (Wildman–Crippen LogP) is 4.62. The Morgan fingerprint density at radius 3 is 2.14 bits per heavy atom. The van der Waals surface area contributed by atoms with Crippen molar-refractivity contribution in [3.05, 3.63) is 41.5 Å². The lowest BCUT2D eigenvalue weighted by Crippen LogP contribution is -1.84. The molecule has 0 N–H and O–H groups in total. The Balaban J connectivity index is 0.000000500. The minimum Gasteiger partial charge on any atom is -0.0985 e. The van der Waals surface area contributed by atoms with Crippen LogP contribution in [-0.4, -0.2) is 0 Å². The molecule has 0 atom stereocenters. The Morgan fingerprint density at radius 2 is 1.79 bits per heavy atom. The quantitative estimate of drug-likeness (QED) is 0.638. The number of hydrogen-bond donors (Lipinski definition) is 0. The van der Waals surface area contributed by atoms with Crippen molar-refractivity contribution in [2.75, 3.05) is 0 Å². The van der Waals surface area contributed by atoms with Crippen molar-refractivity contribution >= 4 is 6.08 Å². The van der Waals surface area contributed by atoms with E-state index in [2.05, 4.69) is 52.5 Å². The van der Waals surface area contributed by atoms with Gasteiger partial charge in [-0.2, -0.15) is 0 Å². The van der Waals surface area contributed by atoms with Gasteiger partial charge in [0.2, 0.25) is 0 Å². The lowest BCUT2D eigenvalue weighted by molar-refractivity contribution is 1.09. The molecule has 0 fully saturated rings. The molecule has 0 aliphatic rings. The first-order valence-corrected chi connectivity index (χ1v) is 5.41. The minimum absolute atomic E-state index is 1.11. The number of aryl methyl sites for hydroxylation is 2. The van der Waals surface area contributed by atoms with Gasteiger partial charge in [-0.15, -0.1) is 0 Å². The second kappa shape index (κ2) is 7.37. The van der Waals surface area contributed by atoms with Gasteiger partial charge in [-0.25, -0.2) is 0 Å². The van der Waals surface area contributed by atoms with E-state index in [0.29, 0.717) is 0 Å². The van der Waals surface area contributed by atoms with Crippen molar-refractivity contribution in [2.24, 2.45) is 0 Å². The first-order valence-electron chi connectivity index (χ1n) is 5.41. The van der Waals surface area contributed by atoms with E-state index in [9.17, 15) is 0 Å². The maximum absolute atomic E-state index is 3.75. The summed E-state index contributed by atoms with van der Waals surface area (Å²) in [6, 6.07) is 6.50. The monoisotopic (exact) mass is 190 g/mol. The molecular formula is C14H22. The van der Waals surface area contributed by atoms with Gasteiger partial charge < -0.3 is 0 Å². The third-order valence-electron chi connectivity index (χ3n) is 1.96. The molecule has 0 saturated carbocycles. The van der Waals surface area contributed by atoms with Gasteiger partial charge in [-0.05, 0) is 30.0 Å². The minimum atomic E-state index is 1.11. The molecule has 0 heterocycles.